The maximum Gasteiger partial charge on any atom is 0.639 e. The SMILES string of the molecule is CCOB(OCC)OC(C)C(C)[N+](CC)(CC)CC.[CH2-]C. The van der Waals surface area contributed by atoms with Gasteiger partial charge in [-0.1, -0.05) is 0 Å². The fourth-order valence-corrected chi connectivity index (χ4v) is 2.67. The zero-order valence-electron chi connectivity index (χ0n) is 15.6. The predicted molar refractivity (Wildman–Crippen MR) is 91.9 cm³/mol. The zero-order chi connectivity index (χ0) is 16.9. The van der Waals surface area contributed by atoms with Crippen molar-refractivity contribution in [2.24, 2.45) is 0 Å². The van der Waals surface area contributed by atoms with Gasteiger partial charge in [-0.05, 0) is 48.5 Å². The monoisotopic (exact) mass is 303 g/mol. The molecule has 0 aliphatic heterocycles. The second kappa shape index (κ2) is 13.6. The van der Waals surface area contributed by atoms with E-state index < -0.39 is 7.32 Å². The highest BCUT2D eigenvalue weighted by molar-refractivity contribution is 6.36. The van der Waals surface area contributed by atoms with Crippen molar-refractivity contribution in [1.82, 2.24) is 0 Å². The normalized spacial score (nSPS) is 14.1. The summed E-state index contributed by atoms with van der Waals surface area (Å²) in [5.74, 6) is 0. The number of hydrogen-bond acceptors (Lipinski definition) is 3. The van der Waals surface area contributed by atoms with E-state index in [1.807, 2.05) is 13.8 Å². The highest BCUT2D eigenvalue weighted by atomic mass is 16.7. The molecule has 0 rings (SSSR count). The molecule has 2 unspecified atom stereocenters. The van der Waals surface area contributed by atoms with Gasteiger partial charge in [0.2, 0.25) is 0 Å². The van der Waals surface area contributed by atoms with Gasteiger partial charge in [-0.2, -0.15) is 6.92 Å². The van der Waals surface area contributed by atoms with Crippen LogP contribution in [0.2, 0.25) is 0 Å². The first-order chi connectivity index (χ1) is 10.0. The average Bonchev–Trinajstić information content (AvgIpc) is 2.52. The van der Waals surface area contributed by atoms with E-state index in [4.69, 9.17) is 14.0 Å². The van der Waals surface area contributed by atoms with Crippen LogP contribution < -0.4 is 0 Å². The third-order valence-electron chi connectivity index (χ3n) is 4.36. The molecule has 2 atom stereocenters. The topological polar surface area (TPSA) is 27.7 Å². The van der Waals surface area contributed by atoms with Crippen LogP contribution in [0.3, 0.4) is 0 Å². The molecule has 128 valence electrons. The quantitative estimate of drug-likeness (QED) is 0.332. The Morgan fingerprint density at radius 1 is 0.857 bits per heavy atom. The number of nitrogens with zero attached hydrogens (tertiary/aromatic N) is 1. The van der Waals surface area contributed by atoms with Crippen LogP contribution in [0.1, 0.15) is 55.4 Å². The van der Waals surface area contributed by atoms with Gasteiger partial charge < -0.3 is 25.4 Å². The zero-order valence-corrected chi connectivity index (χ0v) is 15.6. The lowest BCUT2D eigenvalue weighted by Crippen LogP contribution is -2.59. The standard InChI is InChI=1S/C14H33BNO3.C2H5/c1-8-16(9-2,10-3)13(6)14(7)19-15(17-11-4)18-12-5;1-2/h13-14H,8-12H2,1-7H3;1H2,2H3/q+1;-1. The molecule has 0 bridgehead atoms. The molecule has 4 nitrogen and oxygen atoms in total. The Hall–Kier alpha value is -0.0951. The summed E-state index contributed by atoms with van der Waals surface area (Å²) in [7, 11) is -0.542. The summed E-state index contributed by atoms with van der Waals surface area (Å²) >= 11 is 0. The van der Waals surface area contributed by atoms with Gasteiger partial charge in [0.15, 0.2) is 0 Å². The number of hydrogen-bond donors (Lipinski definition) is 0. The Labute approximate surface area is 133 Å². The van der Waals surface area contributed by atoms with Crippen LogP contribution in [-0.2, 0) is 14.0 Å². The van der Waals surface area contributed by atoms with Crippen molar-refractivity contribution < 1.29 is 18.4 Å². The highest BCUT2D eigenvalue weighted by Crippen LogP contribution is 2.19. The number of likely N-dealkylation sites (N-methyl/N-ethyl adjacent to an activating group) is 1. The summed E-state index contributed by atoms with van der Waals surface area (Å²) in [5.41, 5.74) is 0. The number of quaternary nitrogens is 1. The molecule has 0 heterocycles. The minimum atomic E-state index is -0.542. The molecular weight excluding hydrogens is 265 g/mol. The summed E-state index contributed by atoms with van der Waals surface area (Å²) in [5, 5.41) is 0. The summed E-state index contributed by atoms with van der Waals surface area (Å²) in [6.07, 6.45) is 0.1000. The van der Waals surface area contributed by atoms with Crippen LogP contribution in [0.15, 0.2) is 0 Å². The van der Waals surface area contributed by atoms with Crippen molar-refractivity contribution in [3.63, 3.8) is 0 Å². The molecule has 0 aromatic rings. The third-order valence-corrected chi connectivity index (χ3v) is 4.36. The maximum atomic E-state index is 5.94. The molecule has 0 aliphatic rings. The first kappa shape index (κ1) is 23.2. The van der Waals surface area contributed by atoms with Gasteiger partial charge in [-0.15, -0.1) is 0 Å². The van der Waals surface area contributed by atoms with E-state index in [-0.39, 0.29) is 6.10 Å². The number of rotatable bonds is 11. The second-order valence-corrected chi connectivity index (χ2v) is 4.95. The Balaban J connectivity index is 0. The molecule has 21 heavy (non-hydrogen) atoms. The van der Waals surface area contributed by atoms with Crippen LogP contribution in [0, 0.1) is 6.92 Å². The largest absolute Gasteiger partial charge is 0.639 e. The molecule has 0 amide bonds. The summed E-state index contributed by atoms with van der Waals surface area (Å²) in [6.45, 7) is 24.6. The highest BCUT2D eigenvalue weighted by Gasteiger charge is 2.36. The minimum absolute atomic E-state index is 0.1000. The van der Waals surface area contributed by atoms with Crippen LogP contribution >= 0.6 is 0 Å². The minimum Gasteiger partial charge on any atom is -0.386 e. The Morgan fingerprint density at radius 2 is 1.24 bits per heavy atom. The molecule has 0 aromatic heterocycles. The van der Waals surface area contributed by atoms with Crippen molar-refractivity contribution >= 4 is 7.32 Å². The fraction of sp³-hybridized carbons (Fsp3) is 0.938. The van der Waals surface area contributed by atoms with Crippen LogP contribution in [0.4, 0.5) is 0 Å². The maximum absolute atomic E-state index is 5.94. The Kier molecular flexibility index (Phi) is 15.0. The molecule has 0 aliphatic carbocycles. The Morgan fingerprint density at radius 3 is 1.52 bits per heavy atom. The van der Waals surface area contributed by atoms with E-state index in [2.05, 4.69) is 41.5 Å². The van der Waals surface area contributed by atoms with Crippen molar-refractivity contribution in [2.45, 2.75) is 67.5 Å². The first-order valence-electron chi connectivity index (χ1n) is 8.46. The summed E-state index contributed by atoms with van der Waals surface area (Å²) in [4.78, 5) is 0. The van der Waals surface area contributed by atoms with Gasteiger partial charge in [0.05, 0.1) is 25.7 Å². The molecule has 0 fully saturated rings. The van der Waals surface area contributed by atoms with E-state index >= 15 is 0 Å². The molecular formula is C16H38BNO3. The lowest BCUT2D eigenvalue weighted by molar-refractivity contribution is -0.947. The van der Waals surface area contributed by atoms with Gasteiger partial charge in [0.1, 0.15) is 6.04 Å². The molecule has 5 heteroatoms. The lowest BCUT2D eigenvalue weighted by Gasteiger charge is -2.44. The van der Waals surface area contributed by atoms with Crippen LogP contribution in [0.25, 0.3) is 0 Å². The van der Waals surface area contributed by atoms with E-state index in [0.717, 1.165) is 24.1 Å². The average molecular weight is 303 g/mol. The van der Waals surface area contributed by atoms with Crippen molar-refractivity contribution in [2.75, 3.05) is 32.8 Å². The predicted octanol–water partition coefficient (Wildman–Crippen LogP) is 3.55. The summed E-state index contributed by atoms with van der Waals surface area (Å²) in [6, 6.07) is 0.420. The smallest absolute Gasteiger partial charge is 0.386 e. The van der Waals surface area contributed by atoms with Gasteiger partial charge in [0, 0.05) is 13.2 Å². The third kappa shape index (κ3) is 7.64. The lowest BCUT2D eigenvalue weighted by atomic mass is 10.1. The van der Waals surface area contributed by atoms with Crippen LogP contribution in [-0.4, -0.2) is 56.8 Å². The molecule has 0 N–H and O–H groups in total. The van der Waals surface area contributed by atoms with Crippen molar-refractivity contribution in [3.05, 3.63) is 6.92 Å². The summed E-state index contributed by atoms with van der Waals surface area (Å²) < 4.78 is 17.9. The Bertz CT molecular complexity index is 211. The van der Waals surface area contributed by atoms with E-state index in [1.165, 1.54) is 0 Å². The van der Waals surface area contributed by atoms with Gasteiger partial charge in [-0.3, -0.25) is 0 Å². The molecule has 0 saturated heterocycles. The van der Waals surface area contributed by atoms with E-state index in [9.17, 15) is 0 Å². The first-order valence-corrected chi connectivity index (χ1v) is 8.46. The molecule has 0 radical (unpaired) electrons. The molecule has 0 saturated carbocycles. The van der Waals surface area contributed by atoms with E-state index in [1.54, 1.807) is 6.92 Å². The molecule has 0 spiro atoms. The van der Waals surface area contributed by atoms with Crippen molar-refractivity contribution in [1.29, 1.82) is 0 Å². The van der Waals surface area contributed by atoms with Gasteiger partial charge in [-0.25, -0.2) is 0 Å². The fourth-order valence-electron chi connectivity index (χ4n) is 2.67. The second-order valence-electron chi connectivity index (χ2n) is 4.95. The van der Waals surface area contributed by atoms with Gasteiger partial charge in [0.25, 0.3) is 0 Å². The van der Waals surface area contributed by atoms with Crippen LogP contribution in [0.5, 0.6) is 0 Å². The van der Waals surface area contributed by atoms with E-state index in [0.29, 0.717) is 19.3 Å². The van der Waals surface area contributed by atoms with Gasteiger partial charge >= 0.3 is 7.32 Å². The van der Waals surface area contributed by atoms with Crippen molar-refractivity contribution in [3.8, 4) is 0 Å². The molecule has 0 aromatic carbocycles.